The van der Waals surface area contributed by atoms with Gasteiger partial charge < -0.3 is 5.32 Å². The molecule has 2 aromatic rings. The van der Waals surface area contributed by atoms with Crippen molar-refractivity contribution >= 4 is 28.3 Å². The Morgan fingerprint density at radius 1 is 1.05 bits per heavy atom. The van der Waals surface area contributed by atoms with E-state index in [1.165, 1.54) is 10.8 Å². The molecule has 2 nitrogen and oxygen atoms in total. The van der Waals surface area contributed by atoms with Crippen LogP contribution in [0.3, 0.4) is 0 Å². The van der Waals surface area contributed by atoms with Crippen LogP contribution in [0, 0.1) is 0 Å². The van der Waals surface area contributed by atoms with Gasteiger partial charge in [-0.25, -0.2) is 0 Å². The molecule has 21 heavy (non-hydrogen) atoms. The molecule has 0 unspecified atom stereocenters. The van der Waals surface area contributed by atoms with Crippen molar-refractivity contribution in [3.05, 3.63) is 48.0 Å². The highest BCUT2D eigenvalue weighted by atomic mass is 35.5. The van der Waals surface area contributed by atoms with Crippen LogP contribution in [0.2, 0.25) is 0 Å². The van der Waals surface area contributed by atoms with E-state index >= 15 is 0 Å². The number of benzene rings is 2. The fourth-order valence-electron chi connectivity index (χ4n) is 3.10. The number of fused-ring (bicyclic) bond motifs is 1. The Morgan fingerprint density at radius 3 is 2.57 bits per heavy atom. The Hall–Kier alpha value is -1.54. The van der Waals surface area contributed by atoms with Crippen LogP contribution >= 0.6 is 11.6 Å². The number of carbonyl (C=O) groups excluding carboxylic acids is 1. The summed E-state index contributed by atoms with van der Waals surface area (Å²) in [5, 5.41) is 5.80. The molecule has 0 bridgehead atoms. The number of hydrogen-bond donors (Lipinski definition) is 1. The van der Waals surface area contributed by atoms with Gasteiger partial charge in [0.2, 0.25) is 5.91 Å². The van der Waals surface area contributed by atoms with Gasteiger partial charge in [0.1, 0.15) is 0 Å². The second-order valence-electron chi connectivity index (χ2n) is 5.83. The normalized spacial score (nSPS) is 22.1. The van der Waals surface area contributed by atoms with Crippen molar-refractivity contribution in [1.29, 1.82) is 0 Å². The molecule has 2 aromatic carbocycles. The van der Waals surface area contributed by atoms with Gasteiger partial charge in [0, 0.05) is 11.4 Å². The highest BCUT2D eigenvalue weighted by Crippen LogP contribution is 2.23. The number of halogens is 1. The minimum absolute atomic E-state index is 0.115. The molecule has 0 radical (unpaired) electrons. The molecule has 0 aliphatic heterocycles. The largest absolute Gasteiger partial charge is 0.353 e. The highest BCUT2D eigenvalue weighted by molar-refractivity contribution is 6.20. The van der Waals surface area contributed by atoms with Gasteiger partial charge in [0.05, 0.1) is 6.42 Å². The predicted octanol–water partition coefficient (Wildman–Crippen LogP) is 4.05. The number of amides is 1. The van der Waals surface area contributed by atoms with Crippen LogP contribution in [0.4, 0.5) is 0 Å². The van der Waals surface area contributed by atoms with Gasteiger partial charge in [-0.3, -0.25) is 4.79 Å². The van der Waals surface area contributed by atoms with Crippen molar-refractivity contribution < 1.29 is 4.79 Å². The zero-order valence-corrected chi connectivity index (χ0v) is 12.8. The number of alkyl halides is 1. The van der Waals surface area contributed by atoms with E-state index in [0.29, 0.717) is 12.5 Å². The summed E-state index contributed by atoms with van der Waals surface area (Å²) in [6.07, 6.45) is 4.44. The third-order valence-electron chi connectivity index (χ3n) is 4.25. The Bertz CT molecular complexity index is 627. The van der Waals surface area contributed by atoms with Gasteiger partial charge >= 0.3 is 0 Å². The van der Waals surface area contributed by atoms with Crippen LogP contribution in [-0.4, -0.2) is 17.3 Å². The van der Waals surface area contributed by atoms with Crippen LogP contribution in [0.5, 0.6) is 0 Å². The van der Waals surface area contributed by atoms with E-state index in [0.717, 1.165) is 31.2 Å². The molecule has 0 atom stereocenters. The van der Waals surface area contributed by atoms with Crippen molar-refractivity contribution in [1.82, 2.24) is 5.32 Å². The van der Waals surface area contributed by atoms with Crippen LogP contribution in [0.25, 0.3) is 10.8 Å². The molecule has 110 valence electrons. The van der Waals surface area contributed by atoms with E-state index in [4.69, 9.17) is 11.6 Å². The van der Waals surface area contributed by atoms with Crippen molar-refractivity contribution in [2.45, 2.75) is 43.5 Å². The summed E-state index contributed by atoms with van der Waals surface area (Å²) in [6, 6.07) is 14.6. The number of rotatable bonds is 3. The van der Waals surface area contributed by atoms with Crippen molar-refractivity contribution in [3.8, 4) is 0 Å². The first kappa shape index (κ1) is 14.4. The van der Waals surface area contributed by atoms with E-state index in [1.54, 1.807) is 0 Å². The fraction of sp³-hybridized carbons (Fsp3) is 0.389. The van der Waals surface area contributed by atoms with Crippen molar-refractivity contribution in [2.75, 3.05) is 0 Å². The summed E-state index contributed by atoms with van der Waals surface area (Å²) in [7, 11) is 0. The summed E-state index contributed by atoms with van der Waals surface area (Å²) in [4.78, 5) is 12.3. The van der Waals surface area contributed by atoms with E-state index in [-0.39, 0.29) is 11.3 Å². The molecule has 3 rings (SSSR count). The average Bonchev–Trinajstić information content (AvgIpc) is 2.50. The summed E-state index contributed by atoms with van der Waals surface area (Å²) < 4.78 is 0. The zero-order chi connectivity index (χ0) is 14.7. The maximum Gasteiger partial charge on any atom is 0.224 e. The Labute approximate surface area is 130 Å². The molecule has 0 heterocycles. The molecule has 0 spiro atoms. The molecule has 1 amide bonds. The van der Waals surface area contributed by atoms with Crippen LogP contribution in [-0.2, 0) is 11.2 Å². The number of nitrogens with one attached hydrogen (secondary N) is 1. The Balaban J connectivity index is 1.66. The van der Waals surface area contributed by atoms with Gasteiger partial charge in [-0.05, 0) is 42.0 Å². The van der Waals surface area contributed by atoms with Crippen LogP contribution in [0.1, 0.15) is 31.2 Å². The maximum absolute atomic E-state index is 12.3. The van der Waals surface area contributed by atoms with E-state index in [2.05, 4.69) is 23.5 Å². The monoisotopic (exact) mass is 301 g/mol. The van der Waals surface area contributed by atoms with Gasteiger partial charge in [-0.15, -0.1) is 11.6 Å². The molecule has 1 aliphatic carbocycles. The van der Waals surface area contributed by atoms with Gasteiger partial charge in [0.25, 0.3) is 0 Å². The molecule has 1 aliphatic rings. The average molecular weight is 302 g/mol. The van der Waals surface area contributed by atoms with Gasteiger partial charge in [0.15, 0.2) is 0 Å². The first-order chi connectivity index (χ1) is 10.2. The smallest absolute Gasteiger partial charge is 0.224 e. The molecule has 0 saturated heterocycles. The first-order valence-electron chi connectivity index (χ1n) is 7.62. The Morgan fingerprint density at radius 2 is 1.76 bits per heavy atom. The van der Waals surface area contributed by atoms with Gasteiger partial charge in [-0.2, -0.15) is 0 Å². The third-order valence-corrected chi connectivity index (χ3v) is 4.69. The topological polar surface area (TPSA) is 29.1 Å². The lowest BCUT2D eigenvalue weighted by molar-refractivity contribution is -0.121. The van der Waals surface area contributed by atoms with E-state index in [1.807, 2.05) is 24.3 Å². The summed E-state index contributed by atoms with van der Waals surface area (Å²) in [5.74, 6) is 0.115. The second-order valence-corrected chi connectivity index (χ2v) is 6.45. The maximum atomic E-state index is 12.3. The SMILES string of the molecule is O=C(Cc1cccc2ccccc12)NC1CCC(Cl)CC1. The van der Waals surface area contributed by atoms with Crippen molar-refractivity contribution in [3.63, 3.8) is 0 Å². The number of carbonyl (C=O) groups is 1. The third kappa shape index (κ3) is 3.56. The molecule has 1 saturated carbocycles. The fourth-order valence-corrected chi connectivity index (χ4v) is 3.35. The molecule has 3 heteroatoms. The Kier molecular flexibility index (Phi) is 4.45. The summed E-state index contributed by atoms with van der Waals surface area (Å²) >= 11 is 6.10. The highest BCUT2D eigenvalue weighted by Gasteiger charge is 2.21. The lowest BCUT2D eigenvalue weighted by Gasteiger charge is -2.25. The minimum atomic E-state index is 0.115. The van der Waals surface area contributed by atoms with Gasteiger partial charge in [-0.1, -0.05) is 42.5 Å². The van der Waals surface area contributed by atoms with Crippen LogP contribution < -0.4 is 5.32 Å². The molecular formula is C18H20ClNO. The lowest BCUT2D eigenvalue weighted by Crippen LogP contribution is -2.38. The van der Waals surface area contributed by atoms with E-state index < -0.39 is 0 Å². The lowest BCUT2D eigenvalue weighted by atomic mass is 9.94. The zero-order valence-electron chi connectivity index (χ0n) is 12.0. The van der Waals surface area contributed by atoms with Crippen molar-refractivity contribution in [2.24, 2.45) is 0 Å². The summed E-state index contributed by atoms with van der Waals surface area (Å²) in [5.41, 5.74) is 1.09. The molecule has 1 N–H and O–H groups in total. The van der Waals surface area contributed by atoms with Crippen LogP contribution in [0.15, 0.2) is 42.5 Å². The van der Waals surface area contributed by atoms with E-state index in [9.17, 15) is 4.79 Å². The molecule has 1 fully saturated rings. The second kappa shape index (κ2) is 6.48. The standard InChI is InChI=1S/C18H20ClNO/c19-15-8-10-16(11-9-15)20-18(21)12-14-6-3-5-13-4-1-2-7-17(13)14/h1-7,15-16H,8-12H2,(H,20,21). The first-order valence-corrected chi connectivity index (χ1v) is 8.06. The predicted molar refractivity (Wildman–Crippen MR) is 87.7 cm³/mol. The molecular weight excluding hydrogens is 282 g/mol. The minimum Gasteiger partial charge on any atom is -0.353 e. The molecule has 0 aromatic heterocycles. The summed E-state index contributed by atoms with van der Waals surface area (Å²) in [6.45, 7) is 0. The number of hydrogen-bond acceptors (Lipinski definition) is 1. The quantitative estimate of drug-likeness (QED) is 0.852.